The summed E-state index contributed by atoms with van der Waals surface area (Å²) in [5.74, 6) is 0.643. The van der Waals surface area contributed by atoms with Crippen molar-refractivity contribution in [3.05, 3.63) is 90.2 Å². The standard InChI is InChI=1S/C20H16FN3O2S/c21-15-8-10-16(11-9-15)22-20(27)24-23-19(25)14-6-12-18(13-7-14)26-17-4-2-1-3-5-17/h1-13H,(H,23,25)(H2,22,24,27). The SMILES string of the molecule is O=C(NNC(=S)Nc1ccc(F)cc1)c1ccc(Oc2ccccc2)cc1. The molecule has 0 aromatic heterocycles. The molecule has 3 aromatic rings. The normalized spacial score (nSPS) is 9.96. The maximum absolute atomic E-state index is 12.9. The Kier molecular flexibility index (Phi) is 5.96. The van der Waals surface area contributed by atoms with Gasteiger partial charge in [0.1, 0.15) is 17.3 Å². The monoisotopic (exact) mass is 381 g/mol. The summed E-state index contributed by atoms with van der Waals surface area (Å²) in [5.41, 5.74) is 6.13. The first-order chi connectivity index (χ1) is 13.1. The lowest BCUT2D eigenvalue weighted by Gasteiger charge is -2.12. The highest BCUT2D eigenvalue weighted by atomic mass is 32.1. The molecule has 0 saturated heterocycles. The summed E-state index contributed by atoms with van der Waals surface area (Å²) in [7, 11) is 0. The van der Waals surface area contributed by atoms with Crippen LogP contribution in [-0.2, 0) is 0 Å². The first kappa shape index (κ1) is 18.3. The van der Waals surface area contributed by atoms with Gasteiger partial charge in [0.2, 0.25) is 0 Å². The van der Waals surface area contributed by atoms with Crippen molar-refractivity contribution >= 4 is 28.9 Å². The number of carbonyl (C=O) groups is 1. The number of nitrogens with one attached hydrogen (secondary N) is 3. The minimum atomic E-state index is -0.357. The Balaban J connectivity index is 1.50. The lowest BCUT2D eigenvalue weighted by molar-refractivity contribution is 0.0944. The minimum Gasteiger partial charge on any atom is -0.457 e. The first-order valence-electron chi connectivity index (χ1n) is 8.06. The van der Waals surface area contributed by atoms with Gasteiger partial charge in [-0.15, -0.1) is 0 Å². The maximum atomic E-state index is 12.9. The van der Waals surface area contributed by atoms with Crippen molar-refractivity contribution in [1.82, 2.24) is 10.9 Å². The zero-order valence-electron chi connectivity index (χ0n) is 14.1. The van der Waals surface area contributed by atoms with Gasteiger partial charge in [0.25, 0.3) is 5.91 Å². The average Bonchev–Trinajstić information content (AvgIpc) is 2.69. The van der Waals surface area contributed by atoms with E-state index in [1.54, 1.807) is 24.3 Å². The van der Waals surface area contributed by atoms with Gasteiger partial charge in [0.05, 0.1) is 0 Å². The number of halogens is 1. The Morgan fingerprint density at radius 1 is 0.815 bits per heavy atom. The molecule has 3 aromatic carbocycles. The second-order valence-corrected chi connectivity index (χ2v) is 5.89. The third-order valence-electron chi connectivity index (χ3n) is 3.49. The Labute approximate surface area is 161 Å². The van der Waals surface area contributed by atoms with Crippen LogP contribution < -0.4 is 20.9 Å². The van der Waals surface area contributed by atoms with Gasteiger partial charge in [-0.25, -0.2) is 4.39 Å². The fourth-order valence-electron chi connectivity index (χ4n) is 2.18. The number of anilines is 1. The van der Waals surface area contributed by atoms with Crippen LogP contribution in [0.25, 0.3) is 0 Å². The summed E-state index contributed by atoms with van der Waals surface area (Å²) >= 11 is 5.08. The van der Waals surface area contributed by atoms with Crippen LogP contribution in [0.2, 0.25) is 0 Å². The summed E-state index contributed by atoms with van der Waals surface area (Å²) in [6.07, 6.45) is 0. The fourth-order valence-corrected chi connectivity index (χ4v) is 2.35. The minimum absolute atomic E-state index is 0.180. The van der Waals surface area contributed by atoms with Gasteiger partial charge >= 0.3 is 0 Å². The molecule has 27 heavy (non-hydrogen) atoms. The molecule has 0 aliphatic rings. The van der Waals surface area contributed by atoms with E-state index in [-0.39, 0.29) is 16.8 Å². The smallest absolute Gasteiger partial charge is 0.269 e. The highest BCUT2D eigenvalue weighted by Crippen LogP contribution is 2.21. The molecule has 0 aliphatic heterocycles. The van der Waals surface area contributed by atoms with Crippen molar-refractivity contribution < 1.29 is 13.9 Å². The highest BCUT2D eigenvalue weighted by Gasteiger charge is 2.07. The molecular weight excluding hydrogens is 365 g/mol. The van der Waals surface area contributed by atoms with Gasteiger partial charge in [-0.1, -0.05) is 18.2 Å². The Morgan fingerprint density at radius 2 is 1.44 bits per heavy atom. The fraction of sp³-hybridized carbons (Fsp3) is 0. The molecule has 5 nitrogen and oxygen atoms in total. The largest absolute Gasteiger partial charge is 0.457 e. The van der Waals surface area contributed by atoms with Crippen molar-refractivity contribution in [3.63, 3.8) is 0 Å². The molecule has 3 rings (SSSR count). The second kappa shape index (κ2) is 8.77. The third kappa shape index (κ3) is 5.52. The molecular formula is C20H16FN3O2S. The van der Waals surface area contributed by atoms with Crippen LogP contribution in [0.5, 0.6) is 11.5 Å². The van der Waals surface area contributed by atoms with E-state index < -0.39 is 0 Å². The van der Waals surface area contributed by atoms with E-state index in [0.717, 1.165) is 0 Å². The highest BCUT2D eigenvalue weighted by molar-refractivity contribution is 7.80. The molecule has 1 amide bonds. The maximum Gasteiger partial charge on any atom is 0.269 e. The molecule has 7 heteroatoms. The lowest BCUT2D eigenvalue weighted by Crippen LogP contribution is -2.43. The van der Waals surface area contributed by atoms with Gasteiger partial charge in [-0.05, 0) is 72.9 Å². The van der Waals surface area contributed by atoms with Crippen molar-refractivity contribution in [2.45, 2.75) is 0 Å². The summed E-state index contributed by atoms with van der Waals surface area (Å²) in [6, 6.07) is 21.8. The van der Waals surface area contributed by atoms with Crippen molar-refractivity contribution in [2.75, 3.05) is 5.32 Å². The zero-order valence-corrected chi connectivity index (χ0v) is 14.9. The van der Waals surface area contributed by atoms with Gasteiger partial charge in [0.15, 0.2) is 5.11 Å². The molecule has 3 N–H and O–H groups in total. The van der Waals surface area contributed by atoms with Crippen LogP contribution in [0, 0.1) is 5.82 Å². The number of hydrogen-bond acceptors (Lipinski definition) is 3. The van der Waals surface area contributed by atoms with Crippen LogP contribution >= 0.6 is 12.2 Å². The number of carbonyl (C=O) groups excluding carboxylic acids is 1. The van der Waals surface area contributed by atoms with E-state index in [4.69, 9.17) is 17.0 Å². The Bertz CT molecular complexity index is 916. The van der Waals surface area contributed by atoms with Crippen LogP contribution in [0.15, 0.2) is 78.9 Å². The number of rotatable bonds is 4. The predicted octanol–water partition coefficient (Wildman–Crippen LogP) is 4.25. The quantitative estimate of drug-likeness (QED) is 0.466. The van der Waals surface area contributed by atoms with E-state index >= 15 is 0 Å². The first-order valence-corrected chi connectivity index (χ1v) is 8.47. The molecule has 0 radical (unpaired) electrons. The molecule has 0 aliphatic carbocycles. The molecule has 0 atom stereocenters. The number of hydrogen-bond donors (Lipinski definition) is 3. The van der Waals surface area contributed by atoms with Crippen LogP contribution in [-0.4, -0.2) is 11.0 Å². The van der Waals surface area contributed by atoms with Crippen LogP contribution in [0.4, 0.5) is 10.1 Å². The van der Waals surface area contributed by atoms with Gasteiger partial charge in [-0.3, -0.25) is 15.6 Å². The van der Waals surface area contributed by atoms with Crippen LogP contribution in [0.3, 0.4) is 0 Å². The van der Waals surface area contributed by atoms with Gasteiger partial charge in [-0.2, -0.15) is 0 Å². The topological polar surface area (TPSA) is 62.4 Å². The van der Waals surface area contributed by atoms with Crippen molar-refractivity contribution in [1.29, 1.82) is 0 Å². The third-order valence-corrected chi connectivity index (χ3v) is 3.69. The number of amides is 1. The summed E-state index contributed by atoms with van der Waals surface area (Å²) in [6.45, 7) is 0. The molecule has 0 spiro atoms. The van der Waals surface area contributed by atoms with Gasteiger partial charge < -0.3 is 10.1 Å². The number of para-hydroxylation sites is 1. The summed E-state index contributed by atoms with van der Waals surface area (Å²) in [5, 5.41) is 3.01. The zero-order chi connectivity index (χ0) is 19.1. The van der Waals surface area contributed by atoms with Crippen molar-refractivity contribution in [3.8, 4) is 11.5 Å². The van der Waals surface area contributed by atoms with E-state index in [2.05, 4.69) is 16.2 Å². The van der Waals surface area contributed by atoms with E-state index in [1.165, 1.54) is 24.3 Å². The number of thiocarbonyl (C=S) groups is 1. The number of hydrazine groups is 1. The summed E-state index contributed by atoms with van der Waals surface area (Å²) < 4.78 is 18.6. The molecule has 0 bridgehead atoms. The Hall–Kier alpha value is -3.45. The molecule has 136 valence electrons. The van der Waals surface area contributed by atoms with Crippen LogP contribution in [0.1, 0.15) is 10.4 Å². The van der Waals surface area contributed by atoms with E-state index in [1.807, 2.05) is 30.3 Å². The predicted molar refractivity (Wildman–Crippen MR) is 106 cm³/mol. The van der Waals surface area contributed by atoms with E-state index in [0.29, 0.717) is 22.7 Å². The van der Waals surface area contributed by atoms with Crippen molar-refractivity contribution in [2.24, 2.45) is 0 Å². The number of ether oxygens (including phenoxy) is 1. The molecule has 0 heterocycles. The molecule has 0 fully saturated rings. The average molecular weight is 381 g/mol. The summed E-state index contributed by atoms with van der Waals surface area (Å²) in [4.78, 5) is 12.2. The second-order valence-electron chi connectivity index (χ2n) is 5.48. The number of benzene rings is 3. The van der Waals surface area contributed by atoms with E-state index in [9.17, 15) is 9.18 Å². The molecule has 0 unspecified atom stereocenters. The Morgan fingerprint density at radius 3 is 2.11 bits per heavy atom. The molecule has 0 saturated carbocycles. The van der Waals surface area contributed by atoms with Gasteiger partial charge in [0, 0.05) is 11.3 Å². The lowest BCUT2D eigenvalue weighted by atomic mass is 10.2.